The third-order valence-electron chi connectivity index (χ3n) is 4.20. The molecule has 0 saturated heterocycles. The number of methoxy groups -OCH3 is 2. The van der Waals surface area contributed by atoms with E-state index in [-0.39, 0.29) is 0 Å². The molecule has 0 radical (unpaired) electrons. The summed E-state index contributed by atoms with van der Waals surface area (Å²) in [6.45, 7) is 5.14. The van der Waals surface area contributed by atoms with Crippen molar-refractivity contribution in [1.82, 2.24) is 14.8 Å². The van der Waals surface area contributed by atoms with Gasteiger partial charge in [-0.1, -0.05) is 6.92 Å². The molecule has 1 aromatic carbocycles. The smallest absolute Gasteiger partial charge is 0.133 e. The molecule has 5 nitrogen and oxygen atoms in total. The first kappa shape index (κ1) is 17.6. The number of fused-ring (bicyclic) bond motifs is 1. The molecule has 25 heavy (non-hydrogen) atoms. The Morgan fingerprint density at radius 3 is 2.52 bits per heavy atom. The van der Waals surface area contributed by atoms with Crippen LogP contribution in [0.3, 0.4) is 0 Å². The van der Waals surface area contributed by atoms with Gasteiger partial charge in [0, 0.05) is 12.1 Å². The van der Waals surface area contributed by atoms with Crippen LogP contribution in [0.1, 0.15) is 18.9 Å². The van der Waals surface area contributed by atoms with Crippen molar-refractivity contribution >= 4 is 22.8 Å². The van der Waals surface area contributed by atoms with Crippen molar-refractivity contribution in [2.24, 2.45) is 0 Å². The van der Waals surface area contributed by atoms with Gasteiger partial charge in [-0.05, 0) is 43.4 Å². The van der Waals surface area contributed by atoms with Crippen LogP contribution in [0.25, 0.3) is 22.3 Å². The van der Waals surface area contributed by atoms with Crippen molar-refractivity contribution in [3.8, 4) is 22.8 Å². The zero-order valence-electron chi connectivity index (χ0n) is 15.3. The topological polar surface area (TPSA) is 49.2 Å². The zero-order chi connectivity index (χ0) is 18.0. The average molecular weight is 357 g/mol. The fourth-order valence-corrected chi connectivity index (χ4v) is 3.62. The van der Waals surface area contributed by atoms with Gasteiger partial charge in [0.1, 0.15) is 17.0 Å². The SMILES string of the molecule is CCCn1ncc2nc(-c3cc(OC)c(SC)cc3OC)cc(C)c21. The minimum atomic E-state index is 0.789. The lowest BCUT2D eigenvalue weighted by Gasteiger charge is -2.14. The van der Waals surface area contributed by atoms with Gasteiger partial charge in [0.15, 0.2) is 0 Å². The molecule has 2 heterocycles. The fourth-order valence-electron chi connectivity index (χ4n) is 3.05. The number of benzene rings is 1. The quantitative estimate of drug-likeness (QED) is 0.606. The third kappa shape index (κ3) is 3.18. The van der Waals surface area contributed by atoms with Crippen LogP contribution < -0.4 is 9.47 Å². The summed E-state index contributed by atoms with van der Waals surface area (Å²) in [4.78, 5) is 5.86. The van der Waals surface area contributed by atoms with Crippen molar-refractivity contribution in [3.05, 3.63) is 30.0 Å². The number of aryl methyl sites for hydroxylation is 2. The maximum absolute atomic E-state index is 5.61. The van der Waals surface area contributed by atoms with Crippen LogP contribution in [-0.4, -0.2) is 35.2 Å². The number of rotatable bonds is 6. The van der Waals surface area contributed by atoms with Gasteiger partial charge in [-0.3, -0.25) is 4.68 Å². The van der Waals surface area contributed by atoms with Gasteiger partial charge in [-0.2, -0.15) is 5.10 Å². The Morgan fingerprint density at radius 2 is 1.88 bits per heavy atom. The Balaban J connectivity index is 2.19. The van der Waals surface area contributed by atoms with Gasteiger partial charge < -0.3 is 9.47 Å². The molecule has 0 amide bonds. The number of hydrogen-bond acceptors (Lipinski definition) is 5. The highest BCUT2D eigenvalue weighted by atomic mass is 32.2. The highest BCUT2D eigenvalue weighted by Gasteiger charge is 2.16. The van der Waals surface area contributed by atoms with Crippen molar-refractivity contribution < 1.29 is 9.47 Å². The molecule has 3 rings (SSSR count). The van der Waals surface area contributed by atoms with Gasteiger partial charge in [0.25, 0.3) is 0 Å². The summed E-state index contributed by atoms with van der Waals surface area (Å²) >= 11 is 1.63. The molecule has 0 atom stereocenters. The van der Waals surface area contributed by atoms with Crippen molar-refractivity contribution in [2.45, 2.75) is 31.7 Å². The number of ether oxygens (including phenoxy) is 2. The van der Waals surface area contributed by atoms with Crippen molar-refractivity contribution in [1.29, 1.82) is 0 Å². The van der Waals surface area contributed by atoms with Crippen LogP contribution in [0.15, 0.2) is 29.3 Å². The van der Waals surface area contributed by atoms with Crippen LogP contribution in [0.2, 0.25) is 0 Å². The minimum Gasteiger partial charge on any atom is -0.496 e. The van der Waals surface area contributed by atoms with E-state index in [9.17, 15) is 0 Å². The molecule has 3 aromatic rings. The number of hydrogen-bond donors (Lipinski definition) is 0. The lowest BCUT2D eigenvalue weighted by atomic mass is 10.1. The number of nitrogens with zero attached hydrogens (tertiary/aromatic N) is 3. The first-order valence-electron chi connectivity index (χ1n) is 8.26. The van der Waals surface area contributed by atoms with Gasteiger partial charge in [0.05, 0.1) is 36.5 Å². The molecule has 0 aliphatic heterocycles. The Kier molecular flexibility index (Phi) is 5.18. The largest absolute Gasteiger partial charge is 0.496 e. The van der Waals surface area contributed by atoms with Crippen LogP contribution in [0.4, 0.5) is 0 Å². The predicted molar refractivity (Wildman–Crippen MR) is 103 cm³/mol. The monoisotopic (exact) mass is 357 g/mol. The molecule has 0 saturated carbocycles. The summed E-state index contributed by atoms with van der Waals surface area (Å²) in [5.74, 6) is 1.61. The summed E-state index contributed by atoms with van der Waals surface area (Å²) in [5.41, 5.74) is 4.94. The van der Waals surface area contributed by atoms with E-state index in [1.54, 1.807) is 26.0 Å². The molecule has 0 bridgehead atoms. The minimum absolute atomic E-state index is 0.789. The summed E-state index contributed by atoms with van der Waals surface area (Å²) in [7, 11) is 3.36. The summed E-state index contributed by atoms with van der Waals surface area (Å²) < 4.78 is 13.2. The lowest BCUT2D eigenvalue weighted by molar-refractivity contribution is 0.395. The molecule has 0 aliphatic carbocycles. The Labute approximate surface area is 152 Å². The van der Waals surface area contributed by atoms with E-state index < -0.39 is 0 Å². The molecule has 132 valence electrons. The van der Waals surface area contributed by atoms with E-state index in [2.05, 4.69) is 25.0 Å². The summed E-state index contributed by atoms with van der Waals surface area (Å²) in [6, 6.07) is 6.08. The second-order valence-electron chi connectivity index (χ2n) is 5.83. The maximum Gasteiger partial charge on any atom is 0.133 e. The van der Waals surface area contributed by atoms with E-state index in [0.29, 0.717) is 0 Å². The molecule has 0 N–H and O–H groups in total. The Hall–Kier alpha value is -2.21. The second kappa shape index (κ2) is 7.35. The lowest BCUT2D eigenvalue weighted by Crippen LogP contribution is -2.00. The third-order valence-corrected chi connectivity index (χ3v) is 4.96. The molecule has 2 aromatic heterocycles. The van der Waals surface area contributed by atoms with E-state index in [0.717, 1.165) is 57.2 Å². The standard InChI is InChI=1S/C19H23N3O2S/c1-6-7-22-19-12(2)8-14(21-15(19)11-20-22)13-9-17(24-4)18(25-5)10-16(13)23-3/h8-11H,6-7H2,1-5H3. The van der Waals surface area contributed by atoms with Crippen molar-refractivity contribution in [3.63, 3.8) is 0 Å². The molecule has 0 unspecified atom stereocenters. The predicted octanol–water partition coefficient (Wildman–Crippen LogP) is 4.56. The second-order valence-corrected chi connectivity index (χ2v) is 6.68. The van der Waals surface area contributed by atoms with Gasteiger partial charge in [-0.25, -0.2) is 4.98 Å². The first-order valence-corrected chi connectivity index (χ1v) is 9.48. The molecule has 0 fully saturated rings. The Bertz CT molecular complexity index is 905. The Morgan fingerprint density at radius 1 is 1.12 bits per heavy atom. The molecule has 0 spiro atoms. The fraction of sp³-hybridized carbons (Fsp3) is 0.368. The average Bonchev–Trinajstić information content (AvgIpc) is 3.04. The highest BCUT2D eigenvalue weighted by molar-refractivity contribution is 7.98. The van der Waals surface area contributed by atoms with Crippen LogP contribution in [-0.2, 0) is 6.54 Å². The first-order chi connectivity index (χ1) is 12.1. The molecule has 0 aliphatic rings. The number of pyridine rings is 1. The normalized spacial score (nSPS) is 11.1. The highest BCUT2D eigenvalue weighted by Crippen LogP contribution is 2.39. The number of thioether (sulfide) groups is 1. The van der Waals surface area contributed by atoms with E-state index >= 15 is 0 Å². The van der Waals surface area contributed by atoms with E-state index in [1.165, 1.54) is 0 Å². The molecular weight excluding hydrogens is 334 g/mol. The van der Waals surface area contributed by atoms with E-state index in [4.69, 9.17) is 14.5 Å². The molecular formula is C19H23N3O2S. The van der Waals surface area contributed by atoms with Gasteiger partial charge >= 0.3 is 0 Å². The van der Waals surface area contributed by atoms with Crippen LogP contribution in [0, 0.1) is 6.92 Å². The zero-order valence-corrected chi connectivity index (χ0v) is 16.1. The van der Waals surface area contributed by atoms with E-state index in [1.807, 2.05) is 29.3 Å². The van der Waals surface area contributed by atoms with Gasteiger partial charge in [-0.15, -0.1) is 11.8 Å². The maximum atomic E-state index is 5.61. The van der Waals surface area contributed by atoms with Crippen LogP contribution in [0.5, 0.6) is 11.5 Å². The van der Waals surface area contributed by atoms with Gasteiger partial charge in [0.2, 0.25) is 0 Å². The molecule has 6 heteroatoms. The summed E-state index contributed by atoms with van der Waals surface area (Å²) in [5, 5.41) is 4.48. The van der Waals surface area contributed by atoms with Crippen molar-refractivity contribution in [2.75, 3.05) is 20.5 Å². The van der Waals surface area contributed by atoms with Crippen LogP contribution >= 0.6 is 11.8 Å². The summed E-state index contributed by atoms with van der Waals surface area (Å²) in [6.07, 6.45) is 4.90. The number of aromatic nitrogens is 3.